The minimum atomic E-state index is -0.371. The van der Waals surface area contributed by atoms with E-state index in [1.165, 1.54) is 17.4 Å². The number of thiophene rings is 1. The molecule has 1 aliphatic heterocycles. The molecule has 2 aromatic rings. The number of carbonyl (C=O) groups excluding carboxylic acids is 1. The first-order valence-corrected chi connectivity index (χ1v) is 8.96. The number of fused-ring (bicyclic) bond motifs is 1. The average Bonchev–Trinajstić information content (AvgIpc) is 2.84. The van der Waals surface area contributed by atoms with Gasteiger partial charge in [-0.25, -0.2) is 4.39 Å². The van der Waals surface area contributed by atoms with E-state index in [1.807, 2.05) is 11.8 Å². The summed E-state index contributed by atoms with van der Waals surface area (Å²) in [4.78, 5) is 12.7. The summed E-state index contributed by atoms with van der Waals surface area (Å²) in [5, 5.41) is 3.31. The van der Waals surface area contributed by atoms with Crippen LogP contribution in [-0.4, -0.2) is 24.0 Å². The topological polar surface area (TPSA) is 55.1 Å². The Hall–Kier alpha value is -1.27. The SMILES string of the molecule is Nc1c(C(=O)NCC2CCSCC2)sc2cccc(F)c12. The van der Waals surface area contributed by atoms with Gasteiger partial charge in [-0.1, -0.05) is 6.07 Å². The van der Waals surface area contributed by atoms with E-state index in [4.69, 9.17) is 5.73 Å². The molecular formula is C15H17FN2OS2. The van der Waals surface area contributed by atoms with Crippen molar-refractivity contribution in [2.75, 3.05) is 23.8 Å². The molecular weight excluding hydrogens is 307 g/mol. The van der Waals surface area contributed by atoms with Crippen LogP contribution < -0.4 is 11.1 Å². The molecule has 2 heterocycles. The van der Waals surface area contributed by atoms with E-state index >= 15 is 0 Å². The van der Waals surface area contributed by atoms with E-state index in [2.05, 4.69) is 5.32 Å². The Morgan fingerprint density at radius 1 is 1.38 bits per heavy atom. The number of hydrogen-bond acceptors (Lipinski definition) is 4. The minimum absolute atomic E-state index is 0.189. The van der Waals surface area contributed by atoms with Crippen molar-refractivity contribution in [1.29, 1.82) is 0 Å². The fourth-order valence-corrected chi connectivity index (χ4v) is 4.82. The first-order valence-electron chi connectivity index (χ1n) is 6.99. The summed E-state index contributed by atoms with van der Waals surface area (Å²) in [6.07, 6.45) is 2.28. The van der Waals surface area contributed by atoms with Crippen molar-refractivity contribution in [3.05, 3.63) is 28.9 Å². The van der Waals surface area contributed by atoms with Gasteiger partial charge in [-0.05, 0) is 42.4 Å². The van der Waals surface area contributed by atoms with Gasteiger partial charge in [0.05, 0.1) is 11.1 Å². The average molecular weight is 324 g/mol. The van der Waals surface area contributed by atoms with Crippen molar-refractivity contribution in [2.24, 2.45) is 5.92 Å². The molecule has 3 rings (SSSR count). The van der Waals surface area contributed by atoms with Crippen LogP contribution in [-0.2, 0) is 0 Å². The maximum Gasteiger partial charge on any atom is 0.263 e. The standard InChI is InChI=1S/C15H17FN2OS2/c16-10-2-1-3-11-12(10)13(17)14(21-11)15(19)18-8-9-4-6-20-7-5-9/h1-3,9H,4-8,17H2,(H,18,19). The molecule has 6 heteroatoms. The van der Waals surface area contributed by atoms with Crippen LogP contribution >= 0.6 is 23.1 Å². The zero-order chi connectivity index (χ0) is 14.8. The van der Waals surface area contributed by atoms with E-state index in [9.17, 15) is 9.18 Å². The van der Waals surface area contributed by atoms with Crippen LogP contribution in [0.15, 0.2) is 18.2 Å². The highest BCUT2D eigenvalue weighted by Crippen LogP contribution is 2.35. The third-order valence-electron chi connectivity index (χ3n) is 3.80. The summed E-state index contributed by atoms with van der Waals surface area (Å²) in [5.74, 6) is 2.31. The van der Waals surface area contributed by atoms with Gasteiger partial charge in [0.2, 0.25) is 0 Å². The highest BCUT2D eigenvalue weighted by atomic mass is 32.2. The Kier molecular flexibility index (Phi) is 4.35. The van der Waals surface area contributed by atoms with E-state index in [-0.39, 0.29) is 17.4 Å². The zero-order valence-corrected chi connectivity index (χ0v) is 13.2. The molecule has 1 amide bonds. The number of amides is 1. The van der Waals surface area contributed by atoms with Gasteiger partial charge in [0.25, 0.3) is 5.91 Å². The Labute approximate surface area is 131 Å². The van der Waals surface area contributed by atoms with E-state index in [0.29, 0.717) is 27.4 Å². The van der Waals surface area contributed by atoms with Crippen LogP contribution in [0.3, 0.4) is 0 Å². The minimum Gasteiger partial charge on any atom is -0.397 e. The second-order valence-electron chi connectivity index (χ2n) is 5.22. The molecule has 21 heavy (non-hydrogen) atoms. The predicted octanol–water partition coefficient (Wildman–Crippen LogP) is 3.50. The maximum atomic E-state index is 13.8. The summed E-state index contributed by atoms with van der Waals surface area (Å²) >= 11 is 3.22. The van der Waals surface area contributed by atoms with Crippen LogP contribution in [0.4, 0.5) is 10.1 Å². The third-order valence-corrected chi connectivity index (χ3v) is 6.02. The van der Waals surface area contributed by atoms with E-state index in [0.717, 1.165) is 24.3 Å². The highest BCUT2D eigenvalue weighted by molar-refractivity contribution is 7.99. The van der Waals surface area contributed by atoms with Crippen molar-refractivity contribution in [2.45, 2.75) is 12.8 Å². The number of thioether (sulfide) groups is 1. The molecule has 0 radical (unpaired) electrons. The number of anilines is 1. The number of nitrogen functional groups attached to an aromatic ring is 1. The Morgan fingerprint density at radius 2 is 2.14 bits per heavy atom. The first-order chi connectivity index (χ1) is 10.2. The van der Waals surface area contributed by atoms with E-state index in [1.54, 1.807) is 12.1 Å². The van der Waals surface area contributed by atoms with Crippen molar-refractivity contribution < 1.29 is 9.18 Å². The molecule has 0 atom stereocenters. The fourth-order valence-electron chi connectivity index (χ4n) is 2.57. The number of benzene rings is 1. The molecule has 0 unspecified atom stereocenters. The molecule has 112 valence electrons. The number of halogens is 1. The van der Waals surface area contributed by atoms with Crippen molar-refractivity contribution in [3.63, 3.8) is 0 Å². The molecule has 3 N–H and O–H groups in total. The quantitative estimate of drug-likeness (QED) is 0.908. The van der Waals surface area contributed by atoms with Gasteiger partial charge in [-0.3, -0.25) is 4.79 Å². The summed E-state index contributed by atoms with van der Waals surface area (Å²) in [7, 11) is 0. The van der Waals surface area contributed by atoms with Crippen LogP contribution in [0.25, 0.3) is 10.1 Å². The highest BCUT2D eigenvalue weighted by Gasteiger charge is 2.20. The van der Waals surface area contributed by atoms with Gasteiger partial charge in [0.1, 0.15) is 10.7 Å². The molecule has 0 saturated carbocycles. The predicted molar refractivity (Wildman–Crippen MR) is 88.6 cm³/mol. The molecule has 0 bridgehead atoms. The normalized spacial score (nSPS) is 16.2. The summed E-state index contributed by atoms with van der Waals surface area (Å²) in [6.45, 7) is 0.676. The Morgan fingerprint density at radius 3 is 2.86 bits per heavy atom. The van der Waals surface area contributed by atoms with Crippen molar-refractivity contribution in [1.82, 2.24) is 5.32 Å². The monoisotopic (exact) mass is 324 g/mol. The lowest BCUT2D eigenvalue weighted by atomic mass is 10.0. The van der Waals surface area contributed by atoms with Crippen LogP contribution in [0.1, 0.15) is 22.5 Å². The second kappa shape index (κ2) is 6.23. The largest absolute Gasteiger partial charge is 0.397 e. The Balaban J connectivity index is 1.75. The smallest absolute Gasteiger partial charge is 0.263 e. The van der Waals surface area contributed by atoms with Crippen LogP contribution in [0, 0.1) is 11.7 Å². The van der Waals surface area contributed by atoms with Crippen molar-refractivity contribution >= 4 is 44.8 Å². The molecule has 1 saturated heterocycles. The van der Waals surface area contributed by atoms with Gasteiger partial charge in [0.15, 0.2) is 0 Å². The first kappa shape index (κ1) is 14.7. The number of rotatable bonds is 3. The fraction of sp³-hybridized carbons (Fsp3) is 0.400. The van der Waals surface area contributed by atoms with Crippen LogP contribution in [0.2, 0.25) is 0 Å². The Bertz CT molecular complexity index is 665. The number of nitrogens with two attached hydrogens (primary N) is 1. The van der Waals surface area contributed by atoms with Gasteiger partial charge < -0.3 is 11.1 Å². The lowest BCUT2D eigenvalue weighted by Crippen LogP contribution is -2.30. The van der Waals surface area contributed by atoms with Gasteiger partial charge in [-0.15, -0.1) is 11.3 Å². The number of hydrogen-bond donors (Lipinski definition) is 2. The van der Waals surface area contributed by atoms with Crippen molar-refractivity contribution in [3.8, 4) is 0 Å². The lowest BCUT2D eigenvalue weighted by Gasteiger charge is -2.21. The molecule has 1 aliphatic rings. The molecule has 1 aromatic carbocycles. The second-order valence-corrected chi connectivity index (χ2v) is 7.50. The van der Waals surface area contributed by atoms with Gasteiger partial charge in [-0.2, -0.15) is 11.8 Å². The van der Waals surface area contributed by atoms with Gasteiger partial charge >= 0.3 is 0 Å². The molecule has 1 aromatic heterocycles. The maximum absolute atomic E-state index is 13.8. The molecule has 1 fully saturated rings. The lowest BCUT2D eigenvalue weighted by molar-refractivity contribution is 0.0951. The summed E-state index contributed by atoms with van der Waals surface area (Å²) < 4.78 is 14.5. The van der Waals surface area contributed by atoms with Crippen LogP contribution in [0.5, 0.6) is 0 Å². The summed E-state index contributed by atoms with van der Waals surface area (Å²) in [5.41, 5.74) is 6.21. The van der Waals surface area contributed by atoms with E-state index < -0.39 is 0 Å². The molecule has 0 aliphatic carbocycles. The molecule has 3 nitrogen and oxygen atoms in total. The summed E-state index contributed by atoms with van der Waals surface area (Å²) in [6, 6.07) is 4.79. The third kappa shape index (κ3) is 3.01. The number of nitrogens with one attached hydrogen (secondary N) is 1. The molecule has 0 spiro atoms. The number of carbonyl (C=O) groups is 1. The zero-order valence-electron chi connectivity index (χ0n) is 11.5. The van der Waals surface area contributed by atoms with Gasteiger partial charge in [0, 0.05) is 11.2 Å².